The van der Waals surface area contributed by atoms with Crippen molar-refractivity contribution in [2.75, 3.05) is 13.1 Å². The molecule has 0 amide bonds. The summed E-state index contributed by atoms with van der Waals surface area (Å²) in [5, 5.41) is 9.56. The molecule has 21 heavy (non-hydrogen) atoms. The molecule has 2 aromatic heterocycles. The minimum atomic E-state index is -0.982. The molecule has 0 aromatic carbocycles. The topological polar surface area (TPSA) is 57.8 Å². The minimum absolute atomic E-state index is 0.194. The molecule has 0 bridgehead atoms. The van der Waals surface area contributed by atoms with Crippen molar-refractivity contribution in [3.8, 4) is 0 Å². The molecule has 1 fully saturated rings. The van der Waals surface area contributed by atoms with Crippen LogP contribution in [0.3, 0.4) is 0 Å². The number of carboxylic acids is 1. The van der Waals surface area contributed by atoms with Crippen LogP contribution >= 0.6 is 11.6 Å². The zero-order valence-electron chi connectivity index (χ0n) is 12.1. The number of aromatic carboxylic acids is 1. The Hall–Kier alpha value is -1.59. The smallest absolute Gasteiger partial charge is 0.337 e. The van der Waals surface area contributed by atoms with Gasteiger partial charge in [-0.25, -0.2) is 9.78 Å². The molecule has 3 rings (SSSR count). The molecule has 1 unspecified atom stereocenters. The normalized spacial score (nSPS) is 19.7. The third-order valence-electron chi connectivity index (χ3n) is 4.19. The highest BCUT2D eigenvalue weighted by Gasteiger charge is 2.30. The number of hydrogen-bond donors (Lipinski definition) is 1. The van der Waals surface area contributed by atoms with Gasteiger partial charge in [0.1, 0.15) is 5.82 Å². The van der Waals surface area contributed by atoms with Crippen molar-refractivity contribution in [2.24, 2.45) is 0 Å². The fourth-order valence-corrected chi connectivity index (χ4v) is 3.32. The number of likely N-dealkylation sites (tertiary alicyclic amines) is 1. The van der Waals surface area contributed by atoms with Crippen LogP contribution in [0.1, 0.15) is 42.4 Å². The first-order valence-electron chi connectivity index (χ1n) is 7.13. The number of hydrogen-bond acceptors (Lipinski definition) is 3. The average Bonchev–Trinajstić information content (AvgIpc) is 3.04. The maximum Gasteiger partial charge on any atom is 0.337 e. The summed E-state index contributed by atoms with van der Waals surface area (Å²) in [6, 6.07) is 3.79. The van der Waals surface area contributed by atoms with Gasteiger partial charge in [-0.05, 0) is 38.9 Å². The van der Waals surface area contributed by atoms with E-state index in [4.69, 9.17) is 11.6 Å². The van der Waals surface area contributed by atoms with Gasteiger partial charge in [0.05, 0.1) is 11.1 Å². The molecule has 1 atom stereocenters. The van der Waals surface area contributed by atoms with Crippen molar-refractivity contribution in [3.05, 3.63) is 34.9 Å². The summed E-state index contributed by atoms with van der Waals surface area (Å²) in [5.41, 5.74) is 0.685. The Kier molecular flexibility index (Phi) is 3.63. The van der Waals surface area contributed by atoms with Crippen LogP contribution in [-0.4, -0.2) is 44.5 Å². The number of imidazole rings is 1. The van der Waals surface area contributed by atoms with Crippen LogP contribution < -0.4 is 0 Å². The van der Waals surface area contributed by atoms with E-state index in [1.165, 1.54) is 0 Å². The lowest BCUT2D eigenvalue weighted by Gasteiger charge is -2.19. The van der Waals surface area contributed by atoms with Crippen molar-refractivity contribution in [1.29, 1.82) is 0 Å². The Labute approximate surface area is 128 Å². The molecule has 5 nitrogen and oxygen atoms in total. The van der Waals surface area contributed by atoms with Gasteiger partial charge < -0.3 is 14.4 Å². The standard InChI is InChI=1S/C15H18ClN3O2/c1-9(2)18-7-5-10(8-18)14-17-13(16)12-11(15(20)21)4-3-6-19(12)14/h3-4,6,9-10H,5,7-8H2,1-2H3,(H,20,21). The zero-order valence-corrected chi connectivity index (χ0v) is 12.8. The summed E-state index contributed by atoms with van der Waals surface area (Å²) in [4.78, 5) is 18.2. The van der Waals surface area contributed by atoms with Gasteiger partial charge in [0.15, 0.2) is 5.15 Å². The third-order valence-corrected chi connectivity index (χ3v) is 4.46. The van der Waals surface area contributed by atoms with Gasteiger partial charge in [-0.3, -0.25) is 0 Å². The number of fused-ring (bicyclic) bond motifs is 1. The van der Waals surface area contributed by atoms with Crippen LogP contribution in [0.25, 0.3) is 5.52 Å². The van der Waals surface area contributed by atoms with E-state index in [1.807, 2.05) is 10.6 Å². The molecule has 112 valence electrons. The number of aromatic nitrogens is 2. The van der Waals surface area contributed by atoms with E-state index in [0.29, 0.717) is 11.6 Å². The quantitative estimate of drug-likeness (QED) is 0.947. The van der Waals surface area contributed by atoms with Crippen LogP contribution in [0.2, 0.25) is 5.15 Å². The second-order valence-electron chi connectivity index (χ2n) is 5.78. The molecule has 0 saturated carbocycles. The molecule has 1 aliphatic rings. The number of carbonyl (C=O) groups is 1. The van der Waals surface area contributed by atoms with Gasteiger partial charge >= 0.3 is 5.97 Å². The highest BCUT2D eigenvalue weighted by molar-refractivity contribution is 6.33. The number of rotatable bonds is 3. The first kappa shape index (κ1) is 14.4. The van der Waals surface area contributed by atoms with Crippen LogP contribution in [0.4, 0.5) is 0 Å². The molecule has 6 heteroatoms. The maximum absolute atomic E-state index is 11.3. The number of halogens is 1. The molecule has 1 aliphatic heterocycles. The Bertz CT molecular complexity index is 696. The van der Waals surface area contributed by atoms with Gasteiger partial charge in [-0.2, -0.15) is 0 Å². The van der Waals surface area contributed by atoms with Crippen molar-refractivity contribution in [2.45, 2.75) is 32.2 Å². The third kappa shape index (κ3) is 2.40. The molecule has 3 heterocycles. The molecule has 0 spiro atoms. The largest absolute Gasteiger partial charge is 0.478 e. The Balaban J connectivity index is 2.05. The summed E-state index contributed by atoms with van der Waals surface area (Å²) < 4.78 is 1.83. The van der Waals surface area contributed by atoms with E-state index in [0.717, 1.165) is 25.3 Å². The maximum atomic E-state index is 11.3. The van der Waals surface area contributed by atoms with Crippen molar-refractivity contribution >= 4 is 23.1 Å². The van der Waals surface area contributed by atoms with Gasteiger partial charge in [0.25, 0.3) is 0 Å². The summed E-state index contributed by atoms with van der Waals surface area (Å²) in [5.74, 6) is 0.168. The van der Waals surface area contributed by atoms with Crippen LogP contribution in [0.15, 0.2) is 18.3 Å². The predicted octanol–water partition coefficient (Wildman–Crippen LogP) is 2.88. The lowest BCUT2D eigenvalue weighted by Crippen LogP contribution is -2.28. The number of nitrogens with zero attached hydrogens (tertiary/aromatic N) is 3. The SMILES string of the molecule is CC(C)N1CCC(c2nc(Cl)c3c(C(=O)O)cccn23)C1. The average molecular weight is 308 g/mol. The summed E-state index contributed by atoms with van der Waals surface area (Å²) >= 11 is 6.20. The Morgan fingerprint density at radius 1 is 1.52 bits per heavy atom. The summed E-state index contributed by atoms with van der Waals surface area (Å²) in [6.07, 6.45) is 2.86. The zero-order chi connectivity index (χ0) is 15.1. The van der Waals surface area contributed by atoms with Crippen molar-refractivity contribution < 1.29 is 9.90 Å². The molecular weight excluding hydrogens is 290 g/mol. The number of pyridine rings is 1. The van der Waals surface area contributed by atoms with Crippen LogP contribution in [-0.2, 0) is 0 Å². The fourth-order valence-electron chi connectivity index (χ4n) is 3.05. The van der Waals surface area contributed by atoms with Crippen LogP contribution in [0, 0.1) is 0 Å². The monoisotopic (exact) mass is 307 g/mol. The van der Waals surface area contributed by atoms with E-state index in [9.17, 15) is 9.90 Å². The van der Waals surface area contributed by atoms with Gasteiger partial charge in [-0.15, -0.1) is 0 Å². The van der Waals surface area contributed by atoms with Crippen molar-refractivity contribution in [1.82, 2.24) is 14.3 Å². The minimum Gasteiger partial charge on any atom is -0.478 e. The van der Waals surface area contributed by atoms with Crippen LogP contribution in [0.5, 0.6) is 0 Å². The molecule has 2 aromatic rings. The van der Waals surface area contributed by atoms with E-state index < -0.39 is 5.97 Å². The second-order valence-corrected chi connectivity index (χ2v) is 6.14. The van der Waals surface area contributed by atoms with Gasteiger partial charge in [0, 0.05) is 24.7 Å². The summed E-state index contributed by atoms with van der Waals surface area (Å²) in [7, 11) is 0. The van der Waals surface area contributed by atoms with Gasteiger partial charge in [-0.1, -0.05) is 11.6 Å². The molecule has 1 saturated heterocycles. The lowest BCUT2D eigenvalue weighted by atomic mass is 10.1. The van der Waals surface area contributed by atoms with Gasteiger partial charge in [0.2, 0.25) is 0 Å². The predicted molar refractivity (Wildman–Crippen MR) is 81.2 cm³/mol. The first-order chi connectivity index (χ1) is 9.99. The number of carboxylic acid groups (broad SMARTS) is 1. The summed E-state index contributed by atoms with van der Waals surface area (Å²) in [6.45, 7) is 6.33. The highest BCUT2D eigenvalue weighted by atomic mass is 35.5. The Morgan fingerprint density at radius 2 is 2.29 bits per heavy atom. The lowest BCUT2D eigenvalue weighted by molar-refractivity contribution is 0.0698. The highest BCUT2D eigenvalue weighted by Crippen LogP contribution is 2.31. The molecular formula is C15H18ClN3O2. The molecule has 1 N–H and O–H groups in total. The first-order valence-corrected chi connectivity index (χ1v) is 7.50. The van der Waals surface area contributed by atoms with E-state index in [-0.39, 0.29) is 16.6 Å². The van der Waals surface area contributed by atoms with E-state index >= 15 is 0 Å². The fraction of sp³-hybridized carbons (Fsp3) is 0.467. The molecule has 0 radical (unpaired) electrons. The second kappa shape index (κ2) is 5.31. The Morgan fingerprint density at radius 3 is 2.90 bits per heavy atom. The molecule has 0 aliphatic carbocycles. The van der Waals surface area contributed by atoms with Crippen molar-refractivity contribution in [3.63, 3.8) is 0 Å². The van der Waals surface area contributed by atoms with E-state index in [2.05, 4.69) is 23.7 Å². The van der Waals surface area contributed by atoms with E-state index in [1.54, 1.807) is 12.1 Å².